The van der Waals surface area contributed by atoms with Crippen LogP contribution in [0.2, 0.25) is 0 Å². The van der Waals surface area contributed by atoms with Gasteiger partial charge in [-0.05, 0) is 45.2 Å². The molecule has 1 aromatic carbocycles. The quantitative estimate of drug-likeness (QED) is 0.848. The molecule has 0 aromatic heterocycles. The van der Waals surface area contributed by atoms with E-state index in [1.54, 1.807) is 17.0 Å². The first-order valence-corrected chi connectivity index (χ1v) is 8.10. The lowest BCUT2D eigenvalue weighted by molar-refractivity contribution is -0.132. The molecule has 1 atom stereocenters. The van der Waals surface area contributed by atoms with Gasteiger partial charge in [-0.1, -0.05) is 18.2 Å². The number of rotatable bonds is 5. The van der Waals surface area contributed by atoms with Gasteiger partial charge in [-0.2, -0.15) is 0 Å². The number of aryl methyl sites for hydroxylation is 1. The van der Waals surface area contributed by atoms with Crippen molar-refractivity contribution in [3.05, 3.63) is 35.6 Å². The third-order valence-corrected chi connectivity index (χ3v) is 4.19. The van der Waals surface area contributed by atoms with Gasteiger partial charge in [0.2, 0.25) is 11.8 Å². The molecule has 0 saturated carbocycles. The molecule has 0 radical (unpaired) electrons. The third kappa shape index (κ3) is 4.53. The van der Waals surface area contributed by atoms with Crippen molar-refractivity contribution in [2.45, 2.75) is 45.6 Å². The predicted molar refractivity (Wildman–Crippen MR) is 87.3 cm³/mol. The molecular weight excluding hydrogens is 295 g/mol. The highest BCUT2D eigenvalue weighted by atomic mass is 19.1. The molecule has 2 rings (SSSR count). The number of nitrogens with zero attached hydrogens (tertiary/aromatic N) is 1. The lowest BCUT2D eigenvalue weighted by atomic mass is 10.1. The van der Waals surface area contributed by atoms with Crippen LogP contribution in [-0.4, -0.2) is 35.3 Å². The van der Waals surface area contributed by atoms with E-state index < -0.39 is 0 Å². The zero-order valence-electron chi connectivity index (χ0n) is 14.1. The molecule has 2 amide bonds. The molecule has 0 bridgehead atoms. The van der Waals surface area contributed by atoms with Crippen molar-refractivity contribution in [3.63, 3.8) is 0 Å². The number of likely N-dealkylation sites (tertiary alicyclic amines) is 1. The molecule has 23 heavy (non-hydrogen) atoms. The summed E-state index contributed by atoms with van der Waals surface area (Å²) in [6.07, 6.45) is 1.54. The minimum Gasteiger partial charge on any atom is -0.356 e. The lowest BCUT2D eigenvalue weighted by Gasteiger charge is -2.31. The smallest absolute Gasteiger partial charge is 0.225 e. The van der Waals surface area contributed by atoms with Crippen LogP contribution in [0.4, 0.5) is 4.39 Å². The molecule has 1 heterocycles. The highest BCUT2D eigenvalue weighted by Crippen LogP contribution is 2.25. The number of halogens is 1. The second-order valence-corrected chi connectivity index (χ2v) is 7.06. The van der Waals surface area contributed by atoms with E-state index in [4.69, 9.17) is 0 Å². The zero-order chi connectivity index (χ0) is 17.0. The minimum atomic E-state index is -0.282. The van der Waals surface area contributed by atoms with Gasteiger partial charge in [0.1, 0.15) is 5.82 Å². The first-order chi connectivity index (χ1) is 10.8. The van der Waals surface area contributed by atoms with E-state index in [0.717, 1.165) is 0 Å². The number of hydrogen-bond donors (Lipinski definition) is 1. The van der Waals surface area contributed by atoms with E-state index in [2.05, 4.69) is 5.32 Å². The molecule has 0 aliphatic carbocycles. The summed E-state index contributed by atoms with van der Waals surface area (Å²) in [6.45, 7) is 6.88. The van der Waals surface area contributed by atoms with Crippen LogP contribution in [0.3, 0.4) is 0 Å². The van der Waals surface area contributed by atoms with Crippen molar-refractivity contribution >= 4 is 11.8 Å². The van der Waals surface area contributed by atoms with Gasteiger partial charge in [0.05, 0.1) is 5.92 Å². The molecule has 1 saturated heterocycles. The lowest BCUT2D eigenvalue weighted by Crippen LogP contribution is -2.43. The molecule has 1 aliphatic heterocycles. The van der Waals surface area contributed by atoms with E-state index >= 15 is 0 Å². The summed E-state index contributed by atoms with van der Waals surface area (Å²) >= 11 is 0. The molecule has 4 nitrogen and oxygen atoms in total. The topological polar surface area (TPSA) is 49.4 Å². The highest BCUT2D eigenvalue weighted by Gasteiger charge is 2.39. The summed E-state index contributed by atoms with van der Waals surface area (Å²) in [5, 5.41) is 2.87. The molecule has 1 aliphatic rings. The predicted octanol–water partition coefficient (Wildman–Crippen LogP) is 2.52. The summed E-state index contributed by atoms with van der Waals surface area (Å²) < 4.78 is 13.5. The van der Waals surface area contributed by atoms with Gasteiger partial charge in [-0.3, -0.25) is 9.59 Å². The number of hydrogen-bond acceptors (Lipinski definition) is 2. The van der Waals surface area contributed by atoms with E-state index in [9.17, 15) is 14.0 Å². The van der Waals surface area contributed by atoms with Crippen molar-refractivity contribution in [3.8, 4) is 0 Å². The normalized spacial score (nSPS) is 18.3. The molecule has 1 fully saturated rings. The first-order valence-electron chi connectivity index (χ1n) is 8.10. The maximum Gasteiger partial charge on any atom is 0.225 e. The van der Waals surface area contributed by atoms with E-state index in [1.807, 2.05) is 26.8 Å². The number of amides is 2. The number of carbonyl (C=O) groups excluding carboxylic acids is 2. The fourth-order valence-corrected chi connectivity index (χ4v) is 2.87. The van der Waals surface area contributed by atoms with Gasteiger partial charge in [0, 0.05) is 25.0 Å². The molecule has 0 unspecified atom stereocenters. The Bertz CT molecular complexity index is 581. The molecule has 0 spiro atoms. The Morgan fingerprint density at radius 1 is 1.35 bits per heavy atom. The van der Waals surface area contributed by atoms with E-state index in [0.29, 0.717) is 31.5 Å². The number of carbonyl (C=O) groups is 2. The maximum atomic E-state index is 13.5. The van der Waals surface area contributed by atoms with Crippen molar-refractivity contribution in [1.29, 1.82) is 0 Å². The van der Waals surface area contributed by atoms with Gasteiger partial charge in [0.25, 0.3) is 0 Å². The Hall–Kier alpha value is -1.91. The minimum absolute atomic E-state index is 0.0315. The maximum absolute atomic E-state index is 13.5. The van der Waals surface area contributed by atoms with Crippen LogP contribution in [0.25, 0.3) is 0 Å². The molecule has 1 aromatic rings. The van der Waals surface area contributed by atoms with Crippen molar-refractivity contribution < 1.29 is 14.0 Å². The second kappa shape index (κ2) is 7.11. The van der Waals surface area contributed by atoms with Crippen LogP contribution in [0.15, 0.2) is 24.3 Å². The Labute approximate surface area is 137 Å². The van der Waals surface area contributed by atoms with Gasteiger partial charge >= 0.3 is 0 Å². The second-order valence-electron chi connectivity index (χ2n) is 7.06. The van der Waals surface area contributed by atoms with Crippen LogP contribution in [0.1, 0.15) is 39.2 Å². The van der Waals surface area contributed by atoms with Gasteiger partial charge in [0.15, 0.2) is 0 Å². The average molecular weight is 320 g/mol. The fourth-order valence-electron chi connectivity index (χ4n) is 2.87. The number of benzene rings is 1. The van der Waals surface area contributed by atoms with Crippen molar-refractivity contribution in [1.82, 2.24) is 10.2 Å². The van der Waals surface area contributed by atoms with E-state index in [1.165, 1.54) is 6.07 Å². The van der Waals surface area contributed by atoms with Crippen LogP contribution >= 0.6 is 0 Å². The molecule has 126 valence electrons. The largest absolute Gasteiger partial charge is 0.356 e. The Morgan fingerprint density at radius 3 is 2.65 bits per heavy atom. The third-order valence-electron chi connectivity index (χ3n) is 4.19. The SMILES string of the molecule is CC(C)(C)N1C[C@H](C(=O)NCCCc2ccccc2F)CC1=O. The fraction of sp³-hybridized carbons (Fsp3) is 0.556. The zero-order valence-corrected chi connectivity index (χ0v) is 14.1. The summed E-state index contributed by atoms with van der Waals surface area (Å²) in [7, 11) is 0. The van der Waals surface area contributed by atoms with Gasteiger partial charge in [-0.15, -0.1) is 0 Å². The van der Waals surface area contributed by atoms with Crippen LogP contribution < -0.4 is 5.32 Å². The van der Waals surface area contributed by atoms with Crippen LogP contribution in [0, 0.1) is 11.7 Å². The molecular formula is C18H25FN2O2. The van der Waals surface area contributed by atoms with Gasteiger partial charge in [-0.25, -0.2) is 4.39 Å². The first kappa shape index (κ1) is 17.4. The van der Waals surface area contributed by atoms with Gasteiger partial charge < -0.3 is 10.2 Å². The molecule has 5 heteroatoms. The summed E-state index contributed by atoms with van der Waals surface area (Å²) in [4.78, 5) is 25.9. The Morgan fingerprint density at radius 2 is 2.04 bits per heavy atom. The standard InChI is InChI=1S/C18H25FN2O2/c1-18(2,3)21-12-14(11-16(21)22)17(23)20-10-6-8-13-7-4-5-9-15(13)19/h4-5,7,9,14H,6,8,10-12H2,1-3H3,(H,20,23)/t14-/m1/s1. The van der Waals surface area contributed by atoms with Crippen molar-refractivity contribution in [2.24, 2.45) is 5.92 Å². The Kier molecular flexibility index (Phi) is 5.39. The molecule has 1 N–H and O–H groups in total. The summed E-state index contributed by atoms with van der Waals surface area (Å²) in [5.74, 6) is -0.543. The average Bonchev–Trinajstić information content (AvgIpc) is 2.87. The highest BCUT2D eigenvalue weighted by molar-refractivity contribution is 5.89. The monoisotopic (exact) mass is 320 g/mol. The Balaban J connectivity index is 1.76. The number of nitrogens with one attached hydrogen (secondary N) is 1. The van der Waals surface area contributed by atoms with Crippen LogP contribution in [0.5, 0.6) is 0 Å². The summed E-state index contributed by atoms with van der Waals surface area (Å²) in [5.41, 5.74) is 0.411. The summed E-state index contributed by atoms with van der Waals surface area (Å²) in [6, 6.07) is 6.67. The van der Waals surface area contributed by atoms with Crippen LogP contribution in [-0.2, 0) is 16.0 Å². The van der Waals surface area contributed by atoms with Crippen molar-refractivity contribution in [2.75, 3.05) is 13.1 Å². The van der Waals surface area contributed by atoms with E-state index in [-0.39, 0.29) is 35.5 Å².